The van der Waals surface area contributed by atoms with Crippen LogP contribution in [0.1, 0.15) is 5.56 Å². The van der Waals surface area contributed by atoms with Gasteiger partial charge in [0, 0.05) is 11.4 Å². The first-order chi connectivity index (χ1) is 15.3. The van der Waals surface area contributed by atoms with E-state index in [1.807, 2.05) is 84.9 Å². The molecule has 0 unspecified atom stereocenters. The van der Waals surface area contributed by atoms with Gasteiger partial charge in [0.05, 0.1) is 13.3 Å². The number of methoxy groups -OCH3 is 1. The standard InChI is InChI=1S/C23H21N7O/c1-31-20-14-12-17(13-15-20)16-24-30-23-28-21(25-18-8-4-2-5-9-18)27-22(29-23)26-19-10-6-3-7-11-19/h2-16H,1H3,(H3,25,26,27,28,29,30). The van der Waals surface area contributed by atoms with Gasteiger partial charge >= 0.3 is 0 Å². The summed E-state index contributed by atoms with van der Waals surface area (Å²) in [6, 6.07) is 26.9. The Morgan fingerprint density at radius 3 is 1.71 bits per heavy atom. The Labute approximate surface area is 180 Å². The van der Waals surface area contributed by atoms with Crippen LogP contribution < -0.4 is 20.8 Å². The Balaban J connectivity index is 1.54. The third-order valence-corrected chi connectivity index (χ3v) is 4.19. The molecule has 1 heterocycles. The first kappa shape index (κ1) is 19.8. The molecule has 154 valence electrons. The fourth-order valence-corrected chi connectivity index (χ4v) is 2.69. The second kappa shape index (κ2) is 9.84. The van der Waals surface area contributed by atoms with Crippen molar-refractivity contribution in [3.8, 4) is 5.75 Å². The molecule has 0 fully saturated rings. The molecule has 3 N–H and O–H groups in total. The van der Waals surface area contributed by atoms with Gasteiger partial charge in [-0.05, 0) is 54.1 Å². The van der Waals surface area contributed by atoms with Crippen molar-refractivity contribution in [1.29, 1.82) is 0 Å². The monoisotopic (exact) mass is 411 g/mol. The highest BCUT2D eigenvalue weighted by Crippen LogP contribution is 2.18. The zero-order valence-electron chi connectivity index (χ0n) is 16.9. The number of para-hydroxylation sites is 2. The zero-order chi connectivity index (χ0) is 21.3. The Morgan fingerprint density at radius 2 is 1.19 bits per heavy atom. The Hall–Kier alpha value is -4.46. The summed E-state index contributed by atoms with van der Waals surface area (Å²) in [6.45, 7) is 0. The summed E-state index contributed by atoms with van der Waals surface area (Å²) in [5, 5.41) is 10.6. The van der Waals surface area contributed by atoms with Crippen molar-refractivity contribution in [2.45, 2.75) is 0 Å². The molecule has 0 saturated heterocycles. The molecule has 0 aliphatic heterocycles. The highest BCUT2D eigenvalue weighted by atomic mass is 16.5. The summed E-state index contributed by atoms with van der Waals surface area (Å²) in [6.07, 6.45) is 1.68. The number of nitrogens with zero attached hydrogens (tertiary/aromatic N) is 4. The molecule has 0 aliphatic carbocycles. The third kappa shape index (κ3) is 5.77. The summed E-state index contributed by atoms with van der Waals surface area (Å²) in [5.74, 6) is 1.87. The fourth-order valence-electron chi connectivity index (χ4n) is 2.69. The molecule has 31 heavy (non-hydrogen) atoms. The fraction of sp³-hybridized carbons (Fsp3) is 0.0435. The van der Waals surface area contributed by atoms with Crippen molar-refractivity contribution in [2.24, 2.45) is 5.10 Å². The number of hydrazone groups is 1. The van der Waals surface area contributed by atoms with Crippen LogP contribution in [0.3, 0.4) is 0 Å². The van der Waals surface area contributed by atoms with Gasteiger partial charge in [-0.1, -0.05) is 36.4 Å². The van der Waals surface area contributed by atoms with Crippen molar-refractivity contribution in [2.75, 3.05) is 23.2 Å². The average Bonchev–Trinajstić information content (AvgIpc) is 2.81. The van der Waals surface area contributed by atoms with E-state index in [0.29, 0.717) is 17.8 Å². The maximum atomic E-state index is 5.17. The number of ether oxygens (including phenoxy) is 1. The molecule has 0 radical (unpaired) electrons. The van der Waals surface area contributed by atoms with Gasteiger partial charge in [0.2, 0.25) is 17.8 Å². The summed E-state index contributed by atoms with van der Waals surface area (Å²) < 4.78 is 5.17. The molecule has 0 spiro atoms. The van der Waals surface area contributed by atoms with Crippen LogP contribution in [0.2, 0.25) is 0 Å². The number of hydrogen-bond acceptors (Lipinski definition) is 8. The predicted octanol–water partition coefficient (Wildman–Crippen LogP) is 4.81. The van der Waals surface area contributed by atoms with Gasteiger partial charge in [0.25, 0.3) is 0 Å². The van der Waals surface area contributed by atoms with Crippen LogP contribution in [-0.2, 0) is 0 Å². The lowest BCUT2D eigenvalue weighted by Gasteiger charge is -2.10. The highest BCUT2D eigenvalue weighted by molar-refractivity contribution is 5.80. The Morgan fingerprint density at radius 1 is 0.677 bits per heavy atom. The van der Waals surface area contributed by atoms with Crippen LogP contribution in [0.5, 0.6) is 5.75 Å². The second-order valence-electron chi connectivity index (χ2n) is 6.43. The normalized spacial score (nSPS) is 10.6. The molecule has 0 atom stereocenters. The van der Waals surface area contributed by atoms with Crippen molar-refractivity contribution in [3.05, 3.63) is 90.5 Å². The number of hydrogen-bond donors (Lipinski definition) is 3. The smallest absolute Gasteiger partial charge is 0.250 e. The summed E-state index contributed by atoms with van der Waals surface area (Å²) in [7, 11) is 1.63. The number of anilines is 5. The van der Waals surface area contributed by atoms with Crippen LogP contribution in [0.25, 0.3) is 0 Å². The first-order valence-electron chi connectivity index (χ1n) is 9.62. The van der Waals surface area contributed by atoms with Crippen LogP contribution in [0.15, 0.2) is 90.0 Å². The van der Waals surface area contributed by atoms with Gasteiger partial charge in [0.1, 0.15) is 5.75 Å². The van der Waals surface area contributed by atoms with Gasteiger partial charge in [0.15, 0.2) is 0 Å². The van der Waals surface area contributed by atoms with Crippen LogP contribution in [-0.4, -0.2) is 28.3 Å². The minimum absolute atomic E-state index is 0.302. The predicted molar refractivity (Wildman–Crippen MR) is 123 cm³/mol. The number of benzene rings is 3. The summed E-state index contributed by atoms with van der Waals surface area (Å²) >= 11 is 0. The minimum Gasteiger partial charge on any atom is -0.497 e. The lowest BCUT2D eigenvalue weighted by molar-refractivity contribution is 0.415. The highest BCUT2D eigenvalue weighted by Gasteiger charge is 2.07. The molecule has 1 aromatic heterocycles. The zero-order valence-corrected chi connectivity index (χ0v) is 16.9. The summed E-state index contributed by atoms with van der Waals surface area (Å²) in [5.41, 5.74) is 5.52. The van der Waals surface area contributed by atoms with E-state index in [9.17, 15) is 0 Å². The van der Waals surface area contributed by atoms with E-state index in [1.165, 1.54) is 0 Å². The lowest BCUT2D eigenvalue weighted by atomic mass is 10.2. The van der Waals surface area contributed by atoms with E-state index in [0.717, 1.165) is 22.7 Å². The molecule has 0 aliphatic rings. The van der Waals surface area contributed by atoms with Gasteiger partial charge in [-0.15, -0.1) is 0 Å². The van der Waals surface area contributed by atoms with Crippen LogP contribution in [0, 0.1) is 0 Å². The maximum Gasteiger partial charge on any atom is 0.250 e. The summed E-state index contributed by atoms with van der Waals surface area (Å²) in [4.78, 5) is 13.3. The SMILES string of the molecule is COc1ccc(C=NNc2nc(Nc3ccccc3)nc(Nc3ccccc3)n2)cc1. The van der Waals surface area contributed by atoms with E-state index in [1.54, 1.807) is 13.3 Å². The third-order valence-electron chi connectivity index (χ3n) is 4.19. The molecule has 4 rings (SSSR count). The van der Waals surface area contributed by atoms with E-state index >= 15 is 0 Å². The number of rotatable bonds is 8. The maximum absolute atomic E-state index is 5.17. The van der Waals surface area contributed by atoms with E-state index in [4.69, 9.17) is 4.74 Å². The Bertz CT molecular complexity index is 1070. The van der Waals surface area contributed by atoms with Gasteiger partial charge in [-0.25, -0.2) is 5.43 Å². The van der Waals surface area contributed by atoms with Crippen LogP contribution in [0.4, 0.5) is 29.2 Å². The van der Waals surface area contributed by atoms with Crippen molar-refractivity contribution in [1.82, 2.24) is 15.0 Å². The van der Waals surface area contributed by atoms with Crippen molar-refractivity contribution in [3.63, 3.8) is 0 Å². The number of nitrogens with one attached hydrogen (secondary N) is 3. The van der Waals surface area contributed by atoms with Crippen molar-refractivity contribution < 1.29 is 4.74 Å². The van der Waals surface area contributed by atoms with Crippen LogP contribution >= 0.6 is 0 Å². The molecule has 0 bridgehead atoms. The lowest BCUT2D eigenvalue weighted by Crippen LogP contribution is -2.07. The molecule has 8 heteroatoms. The quantitative estimate of drug-likeness (QED) is 0.283. The molecular formula is C23H21N7O. The Kier molecular flexibility index (Phi) is 6.30. The van der Waals surface area contributed by atoms with Gasteiger partial charge < -0.3 is 15.4 Å². The molecule has 3 aromatic carbocycles. The molecule has 0 amide bonds. The average molecular weight is 411 g/mol. The molecular weight excluding hydrogens is 390 g/mol. The minimum atomic E-state index is 0.302. The largest absolute Gasteiger partial charge is 0.497 e. The van der Waals surface area contributed by atoms with E-state index in [2.05, 4.69) is 36.1 Å². The van der Waals surface area contributed by atoms with E-state index in [-0.39, 0.29) is 0 Å². The van der Waals surface area contributed by atoms with Gasteiger partial charge in [-0.3, -0.25) is 0 Å². The molecule has 8 nitrogen and oxygen atoms in total. The molecule has 4 aromatic rings. The van der Waals surface area contributed by atoms with E-state index < -0.39 is 0 Å². The van der Waals surface area contributed by atoms with Crippen molar-refractivity contribution >= 4 is 35.4 Å². The second-order valence-corrected chi connectivity index (χ2v) is 6.43. The van der Waals surface area contributed by atoms with Gasteiger partial charge in [-0.2, -0.15) is 20.1 Å². The topological polar surface area (TPSA) is 96.4 Å². The number of aromatic nitrogens is 3. The first-order valence-corrected chi connectivity index (χ1v) is 9.62. The molecule has 0 saturated carbocycles.